The van der Waals surface area contributed by atoms with Crippen LogP contribution in [-0.4, -0.2) is 27.6 Å². The smallest absolute Gasteiger partial charge is 0.234 e. The minimum absolute atomic E-state index is 0.112. The van der Waals surface area contributed by atoms with E-state index in [-0.39, 0.29) is 11.2 Å². The van der Waals surface area contributed by atoms with Gasteiger partial charge in [-0.3, -0.25) is 4.79 Å². The van der Waals surface area contributed by atoms with Crippen LogP contribution in [0.5, 0.6) is 0 Å². The van der Waals surface area contributed by atoms with Gasteiger partial charge in [-0.2, -0.15) is 5.26 Å². The molecule has 2 N–H and O–H groups in total. The lowest BCUT2D eigenvalue weighted by atomic mass is 9.83. The highest BCUT2D eigenvalue weighted by Crippen LogP contribution is 2.28. The van der Waals surface area contributed by atoms with Gasteiger partial charge in [-0.25, -0.2) is 0 Å². The second-order valence-electron chi connectivity index (χ2n) is 6.15. The largest absolute Gasteiger partial charge is 0.388 e. The van der Waals surface area contributed by atoms with E-state index in [0.29, 0.717) is 5.75 Å². The van der Waals surface area contributed by atoms with Crippen molar-refractivity contribution >= 4 is 17.7 Å². The molecule has 0 unspecified atom stereocenters. The van der Waals surface area contributed by atoms with Crippen molar-refractivity contribution in [3.8, 4) is 6.07 Å². The van der Waals surface area contributed by atoms with Crippen molar-refractivity contribution in [3.63, 3.8) is 0 Å². The predicted molar refractivity (Wildman–Crippen MR) is 92.9 cm³/mol. The normalized spacial score (nSPS) is 19.3. The Morgan fingerprint density at radius 1 is 1.35 bits per heavy atom. The van der Waals surface area contributed by atoms with Crippen LogP contribution in [0.3, 0.4) is 0 Å². The number of nitrogens with zero attached hydrogens (tertiary/aromatic N) is 1. The van der Waals surface area contributed by atoms with Crippen LogP contribution in [0.15, 0.2) is 30.3 Å². The molecule has 0 spiro atoms. The molecule has 1 amide bonds. The fourth-order valence-electron chi connectivity index (χ4n) is 2.84. The van der Waals surface area contributed by atoms with Gasteiger partial charge in [0.05, 0.1) is 17.4 Å². The molecule has 1 aromatic carbocycles. The van der Waals surface area contributed by atoms with Crippen molar-refractivity contribution in [2.24, 2.45) is 0 Å². The zero-order chi connectivity index (χ0) is 16.7. The van der Waals surface area contributed by atoms with E-state index < -0.39 is 11.6 Å². The predicted octanol–water partition coefficient (Wildman–Crippen LogP) is 3.18. The van der Waals surface area contributed by atoms with E-state index in [0.717, 1.165) is 37.7 Å². The zero-order valence-corrected chi connectivity index (χ0v) is 14.3. The summed E-state index contributed by atoms with van der Waals surface area (Å²) in [4.78, 5) is 12.4. The van der Waals surface area contributed by atoms with Crippen molar-refractivity contribution in [2.45, 2.75) is 55.9 Å². The molecule has 23 heavy (non-hydrogen) atoms. The number of nitrogens with one attached hydrogen (secondary N) is 1. The summed E-state index contributed by atoms with van der Waals surface area (Å²) >= 11 is 1.41. The number of hydrogen-bond acceptors (Lipinski definition) is 4. The van der Waals surface area contributed by atoms with Crippen LogP contribution in [-0.2, 0) is 4.79 Å². The Hall–Kier alpha value is -1.51. The molecule has 0 heterocycles. The first-order chi connectivity index (χ1) is 11.1. The summed E-state index contributed by atoms with van der Waals surface area (Å²) in [6.45, 7) is 1.83. The highest BCUT2D eigenvalue weighted by Gasteiger charge is 2.34. The first kappa shape index (κ1) is 17.8. The molecule has 0 radical (unpaired) electrons. The van der Waals surface area contributed by atoms with Crippen molar-refractivity contribution in [3.05, 3.63) is 35.9 Å². The molecule has 0 aliphatic heterocycles. The first-order valence-electron chi connectivity index (χ1n) is 8.14. The summed E-state index contributed by atoms with van der Waals surface area (Å²) in [7, 11) is 0. The molecule has 4 nitrogen and oxygen atoms in total. The van der Waals surface area contributed by atoms with Crippen LogP contribution in [0.2, 0.25) is 0 Å². The minimum Gasteiger partial charge on any atom is -0.388 e. The first-order valence-corrected chi connectivity index (χ1v) is 9.19. The lowest BCUT2D eigenvalue weighted by molar-refractivity contribution is -0.121. The topological polar surface area (TPSA) is 73.1 Å². The highest BCUT2D eigenvalue weighted by molar-refractivity contribution is 8.00. The van der Waals surface area contributed by atoms with Crippen molar-refractivity contribution in [2.75, 3.05) is 5.75 Å². The van der Waals surface area contributed by atoms with E-state index in [1.54, 1.807) is 0 Å². The van der Waals surface area contributed by atoms with E-state index in [2.05, 4.69) is 11.4 Å². The molecular weight excluding hydrogens is 308 g/mol. The number of rotatable bonds is 6. The standard InChI is InChI=1S/C18H24N2O2S/c1-14(23-12-16(21)15-8-4-2-5-9-15)17(22)20-18(13-19)10-6-3-7-11-18/h2,4-5,8-9,14,16,21H,3,6-7,10-12H2,1H3,(H,20,22)/t14-,16-/m1/s1. The Balaban J connectivity index is 1.84. The average molecular weight is 332 g/mol. The molecule has 124 valence electrons. The number of thioether (sulfide) groups is 1. The molecule has 0 saturated heterocycles. The number of carbonyl (C=O) groups is 1. The van der Waals surface area contributed by atoms with Gasteiger partial charge >= 0.3 is 0 Å². The summed E-state index contributed by atoms with van der Waals surface area (Å²) in [6.07, 6.45) is 3.99. The number of nitriles is 1. The van der Waals surface area contributed by atoms with Gasteiger partial charge in [0, 0.05) is 5.75 Å². The molecule has 1 aliphatic rings. The molecular formula is C18H24N2O2S. The van der Waals surface area contributed by atoms with Crippen LogP contribution in [0.25, 0.3) is 0 Å². The second-order valence-corrected chi connectivity index (χ2v) is 7.52. The zero-order valence-electron chi connectivity index (χ0n) is 13.5. The lowest BCUT2D eigenvalue weighted by Gasteiger charge is -2.32. The number of aliphatic hydroxyl groups excluding tert-OH is 1. The second kappa shape index (κ2) is 8.37. The third kappa shape index (κ3) is 4.98. The van der Waals surface area contributed by atoms with Crippen LogP contribution in [0, 0.1) is 11.3 Å². The average Bonchev–Trinajstić information content (AvgIpc) is 2.60. The molecule has 0 aromatic heterocycles. The van der Waals surface area contributed by atoms with Crippen LogP contribution >= 0.6 is 11.8 Å². The number of carbonyl (C=O) groups excluding carboxylic acids is 1. The van der Waals surface area contributed by atoms with Gasteiger partial charge in [-0.05, 0) is 25.3 Å². The van der Waals surface area contributed by atoms with Gasteiger partial charge in [0.1, 0.15) is 5.54 Å². The molecule has 1 aliphatic carbocycles. The number of hydrogen-bond donors (Lipinski definition) is 2. The summed E-state index contributed by atoms with van der Waals surface area (Å²) in [6, 6.07) is 11.7. The molecule has 5 heteroatoms. The molecule has 1 fully saturated rings. The maximum absolute atomic E-state index is 12.4. The summed E-state index contributed by atoms with van der Waals surface area (Å²) < 4.78 is 0. The van der Waals surface area contributed by atoms with E-state index in [4.69, 9.17) is 0 Å². The summed E-state index contributed by atoms with van der Waals surface area (Å²) in [5, 5.41) is 22.2. The Bertz CT molecular complexity index is 550. The molecule has 1 saturated carbocycles. The van der Waals surface area contributed by atoms with E-state index in [1.165, 1.54) is 11.8 Å². The quantitative estimate of drug-likeness (QED) is 0.839. The van der Waals surface area contributed by atoms with Crippen molar-refractivity contribution < 1.29 is 9.90 Å². The van der Waals surface area contributed by atoms with Gasteiger partial charge in [-0.1, -0.05) is 49.6 Å². The van der Waals surface area contributed by atoms with Crippen LogP contribution < -0.4 is 5.32 Å². The maximum atomic E-state index is 12.4. The van der Waals surface area contributed by atoms with Crippen LogP contribution in [0.4, 0.5) is 0 Å². The molecule has 2 rings (SSSR count). The number of amides is 1. The summed E-state index contributed by atoms with van der Waals surface area (Å²) in [5.74, 6) is 0.344. The fourth-order valence-corrected chi connectivity index (χ4v) is 3.71. The number of aliphatic hydroxyl groups is 1. The fraction of sp³-hybridized carbons (Fsp3) is 0.556. The SMILES string of the molecule is C[C@@H](SC[C@@H](O)c1ccccc1)C(=O)NC1(C#N)CCCCC1. The van der Waals surface area contributed by atoms with E-state index >= 15 is 0 Å². The Labute approximate surface area is 142 Å². The third-order valence-electron chi connectivity index (χ3n) is 4.34. The van der Waals surface area contributed by atoms with Crippen LogP contribution in [0.1, 0.15) is 50.7 Å². The van der Waals surface area contributed by atoms with Gasteiger partial charge in [0.25, 0.3) is 0 Å². The third-order valence-corrected chi connectivity index (χ3v) is 5.56. The molecule has 1 aromatic rings. The Kier molecular flexibility index (Phi) is 6.49. The minimum atomic E-state index is -0.692. The molecule has 2 atom stereocenters. The van der Waals surface area contributed by atoms with Crippen molar-refractivity contribution in [1.29, 1.82) is 5.26 Å². The number of benzene rings is 1. The maximum Gasteiger partial charge on any atom is 0.234 e. The Morgan fingerprint density at radius 2 is 2.00 bits per heavy atom. The molecule has 0 bridgehead atoms. The highest BCUT2D eigenvalue weighted by atomic mass is 32.2. The van der Waals surface area contributed by atoms with Crippen molar-refractivity contribution in [1.82, 2.24) is 5.32 Å². The van der Waals surface area contributed by atoms with E-state index in [9.17, 15) is 15.2 Å². The van der Waals surface area contributed by atoms with Gasteiger partial charge < -0.3 is 10.4 Å². The Morgan fingerprint density at radius 3 is 2.61 bits per heavy atom. The monoisotopic (exact) mass is 332 g/mol. The van der Waals surface area contributed by atoms with Gasteiger partial charge in [0.15, 0.2) is 0 Å². The van der Waals surface area contributed by atoms with E-state index in [1.807, 2.05) is 37.3 Å². The summed E-state index contributed by atoms with van der Waals surface area (Å²) in [5.41, 5.74) is 0.163. The van der Waals surface area contributed by atoms with Gasteiger partial charge in [0.2, 0.25) is 5.91 Å². The van der Waals surface area contributed by atoms with Gasteiger partial charge in [-0.15, -0.1) is 11.8 Å². The lowest BCUT2D eigenvalue weighted by Crippen LogP contribution is -2.51.